The van der Waals surface area contributed by atoms with Gasteiger partial charge in [-0.3, -0.25) is 4.79 Å². The fourth-order valence-corrected chi connectivity index (χ4v) is 2.95. The van der Waals surface area contributed by atoms with Crippen LogP contribution < -0.4 is 10.6 Å². The quantitative estimate of drug-likeness (QED) is 0.675. The van der Waals surface area contributed by atoms with Gasteiger partial charge in [0.2, 0.25) is 0 Å². The number of hydrogen-bond acceptors (Lipinski definition) is 3. The smallest absolute Gasteiger partial charge is 0.314 e. The van der Waals surface area contributed by atoms with Crippen LogP contribution in [0.4, 0.5) is 4.79 Å². The maximum Gasteiger partial charge on any atom is 0.314 e. The number of aliphatic carboxylic acids is 1. The Kier molecular flexibility index (Phi) is 6.84. The number of thioether (sulfide) groups is 1. The minimum atomic E-state index is -0.775. The SMILES string of the molecule is CSC(C)(C)CNC(=O)NCC1(CC(=O)O)CCCCC1. The van der Waals surface area contributed by atoms with E-state index in [1.165, 1.54) is 0 Å². The molecule has 3 N–H and O–H groups in total. The zero-order valence-corrected chi connectivity index (χ0v) is 14.1. The van der Waals surface area contributed by atoms with Gasteiger partial charge in [-0.25, -0.2) is 4.79 Å². The molecule has 5 nitrogen and oxygen atoms in total. The average Bonchev–Trinajstić information content (AvgIpc) is 2.43. The lowest BCUT2D eigenvalue weighted by Gasteiger charge is -2.36. The molecule has 0 heterocycles. The van der Waals surface area contributed by atoms with Crippen molar-refractivity contribution in [2.45, 2.75) is 57.1 Å². The van der Waals surface area contributed by atoms with Crippen LogP contribution >= 0.6 is 11.8 Å². The lowest BCUT2D eigenvalue weighted by Crippen LogP contribution is -2.47. The van der Waals surface area contributed by atoms with Crippen LogP contribution in [0, 0.1) is 5.41 Å². The lowest BCUT2D eigenvalue weighted by molar-refractivity contribution is -0.140. The summed E-state index contributed by atoms with van der Waals surface area (Å²) in [5.41, 5.74) is -0.267. The number of urea groups is 1. The van der Waals surface area contributed by atoms with Gasteiger partial charge in [-0.1, -0.05) is 19.3 Å². The molecule has 122 valence electrons. The summed E-state index contributed by atoms with van der Waals surface area (Å²) < 4.78 is 0.000923. The number of nitrogens with one attached hydrogen (secondary N) is 2. The van der Waals surface area contributed by atoms with Gasteiger partial charge in [-0.15, -0.1) is 0 Å². The van der Waals surface area contributed by atoms with E-state index < -0.39 is 5.97 Å². The van der Waals surface area contributed by atoms with Gasteiger partial charge >= 0.3 is 12.0 Å². The first-order valence-corrected chi connectivity index (χ1v) is 8.80. The van der Waals surface area contributed by atoms with E-state index in [-0.39, 0.29) is 22.6 Å². The predicted molar refractivity (Wildman–Crippen MR) is 86.8 cm³/mol. The first kappa shape index (κ1) is 18.1. The molecule has 21 heavy (non-hydrogen) atoms. The van der Waals surface area contributed by atoms with Gasteiger partial charge in [0.15, 0.2) is 0 Å². The van der Waals surface area contributed by atoms with Crippen LogP contribution in [0.1, 0.15) is 52.4 Å². The zero-order valence-electron chi connectivity index (χ0n) is 13.3. The highest BCUT2D eigenvalue weighted by Crippen LogP contribution is 2.38. The molecule has 1 fully saturated rings. The summed E-state index contributed by atoms with van der Waals surface area (Å²) in [7, 11) is 0. The highest BCUT2D eigenvalue weighted by Gasteiger charge is 2.34. The summed E-state index contributed by atoms with van der Waals surface area (Å²) >= 11 is 1.70. The number of carboxylic acid groups (broad SMARTS) is 1. The molecular formula is C15H28N2O3S. The summed E-state index contributed by atoms with van der Waals surface area (Å²) in [5, 5.41) is 14.8. The van der Waals surface area contributed by atoms with Crippen molar-refractivity contribution in [2.75, 3.05) is 19.3 Å². The minimum absolute atomic E-state index is 0.000923. The first-order chi connectivity index (χ1) is 9.79. The van der Waals surface area contributed by atoms with E-state index in [9.17, 15) is 9.59 Å². The Labute approximate surface area is 131 Å². The van der Waals surface area contributed by atoms with Gasteiger partial charge in [-0.2, -0.15) is 11.8 Å². The van der Waals surface area contributed by atoms with E-state index in [4.69, 9.17) is 5.11 Å². The van der Waals surface area contributed by atoms with Crippen molar-refractivity contribution in [3.63, 3.8) is 0 Å². The highest BCUT2D eigenvalue weighted by atomic mass is 32.2. The van der Waals surface area contributed by atoms with Gasteiger partial charge in [-0.05, 0) is 38.4 Å². The number of amides is 2. The van der Waals surface area contributed by atoms with E-state index in [2.05, 4.69) is 24.5 Å². The predicted octanol–water partition coefficient (Wildman–Crippen LogP) is 2.85. The zero-order chi connectivity index (χ0) is 15.9. The molecule has 0 aliphatic heterocycles. The Balaban J connectivity index is 2.45. The summed E-state index contributed by atoms with van der Waals surface area (Å²) in [6.07, 6.45) is 7.19. The summed E-state index contributed by atoms with van der Waals surface area (Å²) in [6.45, 7) is 5.19. The number of rotatable bonds is 7. The molecule has 0 aromatic heterocycles. The number of hydrogen-bond donors (Lipinski definition) is 3. The summed E-state index contributed by atoms with van der Waals surface area (Å²) in [4.78, 5) is 23.0. The maximum absolute atomic E-state index is 11.9. The molecule has 1 aliphatic carbocycles. The third kappa shape index (κ3) is 6.59. The van der Waals surface area contributed by atoms with Crippen LogP contribution in [0.5, 0.6) is 0 Å². The van der Waals surface area contributed by atoms with Crippen molar-refractivity contribution >= 4 is 23.8 Å². The molecule has 1 aliphatic rings. The topological polar surface area (TPSA) is 78.4 Å². The van der Waals surface area contributed by atoms with Gasteiger partial charge < -0.3 is 15.7 Å². The number of carboxylic acids is 1. The van der Waals surface area contributed by atoms with Gasteiger partial charge in [0.05, 0.1) is 6.42 Å². The van der Waals surface area contributed by atoms with Gasteiger partial charge in [0.25, 0.3) is 0 Å². The largest absolute Gasteiger partial charge is 0.481 e. The first-order valence-electron chi connectivity index (χ1n) is 7.57. The molecule has 0 radical (unpaired) electrons. The van der Waals surface area contributed by atoms with E-state index >= 15 is 0 Å². The van der Waals surface area contributed by atoms with Crippen molar-refractivity contribution in [3.05, 3.63) is 0 Å². The van der Waals surface area contributed by atoms with Gasteiger partial charge in [0.1, 0.15) is 0 Å². The molecule has 1 saturated carbocycles. The second-order valence-corrected chi connectivity index (χ2v) is 8.14. The molecule has 0 aromatic carbocycles. The third-order valence-electron chi connectivity index (χ3n) is 4.29. The molecule has 0 unspecified atom stereocenters. The van der Waals surface area contributed by atoms with Crippen molar-refractivity contribution in [1.82, 2.24) is 10.6 Å². The van der Waals surface area contributed by atoms with E-state index in [0.29, 0.717) is 13.1 Å². The summed E-state index contributed by atoms with van der Waals surface area (Å²) in [6, 6.07) is -0.201. The van der Waals surface area contributed by atoms with Crippen molar-refractivity contribution in [2.24, 2.45) is 5.41 Å². The molecule has 0 spiro atoms. The Morgan fingerprint density at radius 1 is 1.19 bits per heavy atom. The van der Waals surface area contributed by atoms with Crippen LogP contribution in [-0.4, -0.2) is 41.2 Å². The highest BCUT2D eigenvalue weighted by molar-refractivity contribution is 7.99. The van der Waals surface area contributed by atoms with Crippen LogP contribution in [0.3, 0.4) is 0 Å². The van der Waals surface area contributed by atoms with Crippen LogP contribution in [0.15, 0.2) is 0 Å². The molecule has 2 amide bonds. The second kappa shape index (κ2) is 7.92. The monoisotopic (exact) mass is 316 g/mol. The van der Waals surface area contributed by atoms with E-state index in [1.54, 1.807) is 11.8 Å². The van der Waals surface area contributed by atoms with Crippen molar-refractivity contribution in [3.8, 4) is 0 Å². The number of carbonyl (C=O) groups excluding carboxylic acids is 1. The fourth-order valence-electron chi connectivity index (χ4n) is 2.73. The Morgan fingerprint density at radius 3 is 2.33 bits per heavy atom. The standard InChI is InChI=1S/C15H28N2O3S/c1-14(2,21-3)10-16-13(20)17-11-15(9-12(18)19)7-5-4-6-8-15/h4-11H2,1-3H3,(H,18,19)(H2,16,17,20). The molecule has 1 rings (SSSR count). The van der Waals surface area contributed by atoms with Crippen LogP contribution in [0.2, 0.25) is 0 Å². The van der Waals surface area contributed by atoms with Crippen molar-refractivity contribution < 1.29 is 14.7 Å². The normalized spacial score (nSPS) is 18.0. The van der Waals surface area contributed by atoms with Gasteiger partial charge in [0, 0.05) is 17.8 Å². The molecular weight excluding hydrogens is 288 g/mol. The third-order valence-corrected chi connectivity index (χ3v) is 5.54. The molecule has 0 aromatic rings. The van der Waals surface area contributed by atoms with Crippen LogP contribution in [0.25, 0.3) is 0 Å². The second-order valence-electron chi connectivity index (χ2n) is 6.63. The maximum atomic E-state index is 11.9. The van der Waals surface area contributed by atoms with E-state index in [0.717, 1.165) is 32.1 Å². The number of carbonyl (C=O) groups is 2. The summed E-state index contributed by atoms with van der Waals surface area (Å²) in [5.74, 6) is -0.775. The van der Waals surface area contributed by atoms with Crippen molar-refractivity contribution in [1.29, 1.82) is 0 Å². The minimum Gasteiger partial charge on any atom is -0.481 e. The Hall–Kier alpha value is -0.910. The lowest BCUT2D eigenvalue weighted by atomic mass is 9.72. The fraction of sp³-hybridized carbons (Fsp3) is 0.867. The molecule has 0 atom stereocenters. The molecule has 0 saturated heterocycles. The van der Waals surface area contributed by atoms with E-state index in [1.807, 2.05) is 6.26 Å². The Bertz CT molecular complexity index is 366. The Morgan fingerprint density at radius 2 is 1.81 bits per heavy atom. The molecule has 0 bridgehead atoms. The average molecular weight is 316 g/mol. The molecule has 6 heteroatoms. The van der Waals surface area contributed by atoms with Crippen LogP contribution in [-0.2, 0) is 4.79 Å².